The molecule has 1 aromatic rings. The molecule has 0 aromatic carbocycles. The van der Waals surface area contributed by atoms with Crippen molar-refractivity contribution in [1.29, 1.82) is 0 Å². The van der Waals surface area contributed by atoms with Gasteiger partial charge in [0.1, 0.15) is 0 Å². The highest BCUT2D eigenvalue weighted by molar-refractivity contribution is 7.99. The molecule has 4 nitrogen and oxygen atoms in total. The highest BCUT2D eigenvalue weighted by atomic mass is 32.2. The molecule has 0 radical (unpaired) electrons. The van der Waals surface area contributed by atoms with Gasteiger partial charge in [-0.1, -0.05) is 5.21 Å². The molecule has 2 heterocycles. The minimum absolute atomic E-state index is 0.152. The lowest BCUT2D eigenvalue weighted by atomic mass is 10.2. The molecule has 1 aliphatic rings. The molecule has 0 spiro atoms. The molecule has 0 unspecified atom stereocenters. The number of aliphatic hydroxyl groups is 1. The zero-order valence-electron chi connectivity index (χ0n) is 8.09. The number of aromatic nitrogens is 3. The Morgan fingerprint density at radius 3 is 3.00 bits per heavy atom. The first kappa shape index (κ1) is 9.98. The summed E-state index contributed by atoms with van der Waals surface area (Å²) < 4.78 is 1.96. The van der Waals surface area contributed by atoms with Crippen LogP contribution in [0.15, 0.2) is 6.20 Å². The summed E-state index contributed by atoms with van der Waals surface area (Å²) in [6.07, 6.45) is 4.96. The summed E-state index contributed by atoms with van der Waals surface area (Å²) in [5.74, 6) is 2.44. The largest absolute Gasteiger partial charge is 0.396 e. The highest BCUT2D eigenvalue weighted by Gasteiger charge is 2.16. The molecule has 2 rings (SSSR count). The van der Waals surface area contributed by atoms with E-state index in [-0.39, 0.29) is 6.61 Å². The Bertz CT molecular complexity index is 283. The van der Waals surface area contributed by atoms with Crippen LogP contribution in [0, 0.1) is 0 Å². The summed E-state index contributed by atoms with van der Waals surface area (Å²) in [4.78, 5) is 0. The predicted molar refractivity (Wildman–Crippen MR) is 56.4 cm³/mol. The maximum absolute atomic E-state index is 8.76. The zero-order valence-corrected chi connectivity index (χ0v) is 8.91. The fourth-order valence-corrected chi connectivity index (χ4v) is 2.75. The van der Waals surface area contributed by atoms with Crippen molar-refractivity contribution >= 4 is 11.8 Å². The van der Waals surface area contributed by atoms with Crippen molar-refractivity contribution in [2.24, 2.45) is 0 Å². The average Bonchev–Trinajstić information content (AvgIpc) is 2.68. The van der Waals surface area contributed by atoms with E-state index in [0.29, 0.717) is 12.5 Å². The van der Waals surface area contributed by atoms with Crippen molar-refractivity contribution in [1.82, 2.24) is 15.0 Å². The molecule has 1 fully saturated rings. The molecule has 14 heavy (non-hydrogen) atoms. The van der Waals surface area contributed by atoms with Gasteiger partial charge in [0.15, 0.2) is 0 Å². The third-order valence-corrected chi connectivity index (χ3v) is 3.54. The van der Waals surface area contributed by atoms with E-state index in [9.17, 15) is 0 Å². The topological polar surface area (TPSA) is 50.9 Å². The van der Waals surface area contributed by atoms with Gasteiger partial charge in [-0.25, -0.2) is 4.68 Å². The van der Waals surface area contributed by atoms with E-state index in [2.05, 4.69) is 10.3 Å². The summed E-state index contributed by atoms with van der Waals surface area (Å²) in [6.45, 7) is 0.152. The fraction of sp³-hybridized carbons (Fsp3) is 0.778. The van der Waals surface area contributed by atoms with Crippen molar-refractivity contribution in [2.75, 3.05) is 18.1 Å². The first-order chi connectivity index (χ1) is 6.90. The molecular weight excluding hydrogens is 198 g/mol. The van der Waals surface area contributed by atoms with Crippen LogP contribution in [0.3, 0.4) is 0 Å². The lowest BCUT2D eigenvalue weighted by molar-refractivity contribution is 0.298. The van der Waals surface area contributed by atoms with Gasteiger partial charge in [-0.05, 0) is 24.3 Å². The monoisotopic (exact) mass is 213 g/mol. The molecular formula is C9H15N3OS. The van der Waals surface area contributed by atoms with Crippen LogP contribution in [-0.2, 0) is 6.42 Å². The van der Waals surface area contributed by atoms with Gasteiger partial charge in [-0.15, -0.1) is 5.10 Å². The zero-order chi connectivity index (χ0) is 9.80. The second kappa shape index (κ2) is 4.79. The number of hydrogen-bond acceptors (Lipinski definition) is 4. The third kappa shape index (κ3) is 2.27. The van der Waals surface area contributed by atoms with Crippen LogP contribution in [0.1, 0.15) is 24.6 Å². The maximum Gasteiger partial charge on any atom is 0.0850 e. The molecule has 0 bridgehead atoms. The molecule has 1 aliphatic heterocycles. The van der Waals surface area contributed by atoms with E-state index < -0.39 is 0 Å². The van der Waals surface area contributed by atoms with Crippen LogP contribution in [-0.4, -0.2) is 38.2 Å². The van der Waals surface area contributed by atoms with Crippen molar-refractivity contribution in [3.8, 4) is 0 Å². The SMILES string of the molecule is OCCc1cn(C2CCSCC2)nn1. The van der Waals surface area contributed by atoms with Crippen LogP contribution in [0.4, 0.5) is 0 Å². The summed E-state index contributed by atoms with van der Waals surface area (Å²) >= 11 is 2.01. The number of nitrogens with zero attached hydrogens (tertiary/aromatic N) is 3. The van der Waals surface area contributed by atoms with Gasteiger partial charge < -0.3 is 5.11 Å². The number of rotatable bonds is 3. The quantitative estimate of drug-likeness (QED) is 0.810. The Morgan fingerprint density at radius 1 is 1.50 bits per heavy atom. The molecule has 0 atom stereocenters. The molecule has 1 saturated heterocycles. The fourth-order valence-electron chi connectivity index (χ4n) is 1.67. The number of thioether (sulfide) groups is 1. The Hall–Kier alpha value is -0.550. The first-order valence-corrected chi connectivity index (χ1v) is 6.15. The standard InChI is InChI=1S/C9H15N3OS/c13-4-1-8-7-12(11-10-8)9-2-5-14-6-3-9/h7,9,13H,1-6H2. The third-order valence-electron chi connectivity index (χ3n) is 2.49. The van der Waals surface area contributed by atoms with Gasteiger partial charge in [-0.2, -0.15) is 11.8 Å². The van der Waals surface area contributed by atoms with Crippen LogP contribution >= 0.6 is 11.8 Å². The Kier molecular flexibility index (Phi) is 3.42. The summed E-state index contributed by atoms with van der Waals surface area (Å²) in [6, 6.07) is 0.524. The van der Waals surface area contributed by atoms with Gasteiger partial charge in [0.25, 0.3) is 0 Å². The summed E-state index contributed by atoms with van der Waals surface area (Å²) in [5.41, 5.74) is 0.894. The smallest absolute Gasteiger partial charge is 0.0850 e. The lowest BCUT2D eigenvalue weighted by Gasteiger charge is -2.20. The van der Waals surface area contributed by atoms with Crippen LogP contribution in [0.25, 0.3) is 0 Å². The van der Waals surface area contributed by atoms with Crippen molar-refractivity contribution in [3.05, 3.63) is 11.9 Å². The molecule has 0 aliphatic carbocycles. The first-order valence-electron chi connectivity index (χ1n) is 4.99. The highest BCUT2D eigenvalue weighted by Crippen LogP contribution is 2.26. The number of hydrogen-bond donors (Lipinski definition) is 1. The Morgan fingerprint density at radius 2 is 2.29 bits per heavy atom. The normalized spacial score (nSPS) is 18.6. The van der Waals surface area contributed by atoms with Crippen molar-refractivity contribution < 1.29 is 5.11 Å². The van der Waals surface area contributed by atoms with Gasteiger partial charge >= 0.3 is 0 Å². The average molecular weight is 213 g/mol. The van der Waals surface area contributed by atoms with Gasteiger partial charge in [-0.3, -0.25) is 0 Å². The van der Waals surface area contributed by atoms with Crippen molar-refractivity contribution in [2.45, 2.75) is 25.3 Å². The molecule has 78 valence electrons. The van der Waals surface area contributed by atoms with Gasteiger partial charge in [0.2, 0.25) is 0 Å². The Balaban J connectivity index is 2.00. The molecule has 1 N–H and O–H groups in total. The van der Waals surface area contributed by atoms with E-state index in [0.717, 1.165) is 5.69 Å². The van der Waals surface area contributed by atoms with Gasteiger partial charge in [0, 0.05) is 19.2 Å². The van der Waals surface area contributed by atoms with Gasteiger partial charge in [0.05, 0.1) is 11.7 Å². The predicted octanol–water partition coefficient (Wildman–Crippen LogP) is 0.881. The number of aliphatic hydroxyl groups excluding tert-OH is 1. The molecule has 1 aromatic heterocycles. The van der Waals surface area contributed by atoms with Crippen molar-refractivity contribution in [3.63, 3.8) is 0 Å². The lowest BCUT2D eigenvalue weighted by Crippen LogP contribution is -2.15. The molecule has 5 heteroatoms. The van der Waals surface area contributed by atoms with E-state index in [1.54, 1.807) is 0 Å². The van der Waals surface area contributed by atoms with Crippen LogP contribution in [0.5, 0.6) is 0 Å². The Labute approximate surface area is 87.7 Å². The van der Waals surface area contributed by atoms with Crippen LogP contribution in [0.2, 0.25) is 0 Å². The van der Waals surface area contributed by atoms with E-state index >= 15 is 0 Å². The van der Waals surface area contributed by atoms with E-state index in [4.69, 9.17) is 5.11 Å². The minimum atomic E-state index is 0.152. The van der Waals surface area contributed by atoms with E-state index in [1.807, 2.05) is 22.6 Å². The second-order valence-electron chi connectivity index (χ2n) is 3.51. The van der Waals surface area contributed by atoms with Crippen LogP contribution < -0.4 is 0 Å². The molecule has 0 amide bonds. The summed E-state index contributed by atoms with van der Waals surface area (Å²) in [5, 5.41) is 16.9. The maximum atomic E-state index is 8.76. The second-order valence-corrected chi connectivity index (χ2v) is 4.73. The summed E-state index contributed by atoms with van der Waals surface area (Å²) in [7, 11) is 0. The minimum Gasteiger partial charge on any atom is -0.396 e. The van der Waals surface area contributed by atoms with E-state index in [1.165, 1.54) is 24.3 Å². The molecule has 0 saturated carbocycles.